The Morgan fingerprint density at radius 2 is 2.21 bits per heavy atom. The van der Waals surface area contributed by atoms with Crippen LogP contribution in [0.2, 0.25) is 0 Å². The molecule has 1 aromatic heterocycles. The van der Waals surface area contributed by atoms with E-state index in [0.29, 0.717) is 6.42 Å². The van der Waals surface area contributed by atoms with Crippen LogP contribution in [-0.4, -0.2) is 22.4 Å². The first-order chi connectivity index (χ1) is 9.19. The molecule has 4 nitrogen and oxygen atoms in total. The summed E-state index contributed by atoms with van der Waals surface area (Å²) in [6, 6.07) is 5.92. The number of amides is 1. The zero-order chi connectivity index (χ0) is 13.7. The van der Waals surface area contributed by atoms with E-state index in [9.17, 15) is 4.79 Å². The number of imidazole rings is 1. The van der Waals surface area contributed by atoms with Crippen molar-refractivity contribution >= 4 is 16.9 Å². The number of aromatic amines is 1. The van der Waals surface area contributed by atoms with Crippen molar-refractivity contribution in [2.45, 2.75) is 39.5 Å². The van der Waals surface area contributed by atoms with Crippen molar-refractivity contribution in [3.8, 4) is 0 Å². The molecule has 2 aromatic rings. The highest BCUT2D eigenvalue weighted by Crippen LogP contribution is 2.13. The smallest absolute Gasteiger partial charge is 0.224 e. The molecule has 0 saturated heterocycles. The molecule has 1 heterocycles. The van der Waals surface area contributed by atoms with E-state index >= 15 is 0 Å². The molecule has 0 spiro atoms. The van der Waals surface area contributed by atoms with E-state index in [0.717, 1.165) is 35.4 Å². The van der Waals surface area contributed by atoms with Crippen molar-refractivity contribution in [2.24, 2.45) is 0 Å². The maximum absolute atomic E-state index is 11.8. The Kier molecular flexibility index (Phi) is 4.55. The highest BCUT2D eigenvalue weighted by atomic mass is 16.1. The molecule has 0 atom stereocenters. The number of H-pyrrole nitrogens is 1. The summed E-state index contributed by atoms with van der Waals surface area (Å²) in [5.74, 6) is 0.989. The molecule has 19 heavy (non-hydrogen) atoms. The van der Waals surface area contributed by atoms with Crippen LogP contribution in [0.4, 0.5) is 0 Å². The standard InChI is InChI=1S/C15H21N3O/c1-3-4-5-8-16-15(19)10-12-6-7-13-14(9-12)18-11(2)17-13/h6-7,9H,3-5,8,10H2,1-2H3,(H,16,19)(H,17,18). The third-order valence-electron chi connectivity index (χ3n) is 3.13. The fourth-order valence-electron chi connectivity index (χ4n) is 2.14. The van der Waals surface area contributed by atoms with Crippen LogP contribution in [0.1, 0.15) is 37.6 Å². The van der Waals surface area contributed by atoms with Gasteiger partial charge in [-0.2, -0.15) is 0 Å². The van der Waals surface area contributed by atoms with Crippen molar-refractivity contribution < 1.29 is 4.79 Å². The summed E-state index contributed by atoms with van der Waals surface area (Å²) >= 11 is 0. The SMILES string of the molecule is CCCCCNC(=O)Cc1ccc2nc(C)[nH]c2c1. The zero-order valence-electron chi connectivity index (χ0n) is 11.6. The van der Waals surface area contributed by atoms with E-state index in [1.165, 1.54) is 12.8 Å². The lowest BCUT2D eigenvalue weighted by molar-refractivity contribution is -0.120. The molecule has 0 saturated carbocycles. The van der Waals surface area contributed by atoms with Gasteiger partial charge in [0.15, 0.2) is 0 Å². The van der Waals surface area contributed by atoms with Crippen molar-refractivity contribution in [3.05, 3.63) is 29.6 Å². The number of carbonyl (C=O) groups is 1. The first-order valence-corrected chi connectivity index (χ1v) is 6.91. The molecule has 0 bridgehead atoms. The minimum atomic E-state index is 0.0895. The summed E-state index contributed by atoms with van der Waals surface area (Å²) in [5.41, 5.74) is 2.96. The summed E-state index contributed by atoms with van der Waals surface area (Å²) in [5, 5.41) is 2.95. The summed E-state index contributed by atoms with van der Waals surface area (Å²) in [6.07, 6.45) is 3.83. The summed E-state index contributed by atoms with van der Waals surface area (Å²) in [4.78, 5) is 19.3. The predicted octanol–water partition coefficient (Wildman–Crippen LogP) is 2.72. The third-order valence-corrected chi connectivity index (χ3v) is 3.13. The molecule has 0 radical (unpaired) electrons. The highest BCUT2D eigenvalue weighted by molar-refractivity contribution is 5.81. The number of carbonyl (C=O) groups excluding carboxylic acids is 1. The second-order valence-electron chi connectivity index (χ2n) is 4.91. The molecule has 4 heteroatoms. The van der Waals surface area contributed by atoms with Crippen LogP contribution in [0.15, 0.2) is 18.2 Å². The summed E-state index contributed by atoms with van der Waals surface area (Å²) < 4.78 is 0. The lowest BCUT2D eigenvalue weighted by atomic mass is 10.1. The summed E-state index contributed by atoms with van der Waals surface area (Å²) in [6.45, 7) is 4.86. The van der Waals surface area contributed by atoms with Crippen LogP contribution in [-0.2, 0) is 11.2 Å². The monoisotopic (exact) mass is 259 g/mol. The molecule has 2 N–H and O–H groups in total. The van der Waals surface area contributed by atoms with Crippen LogP contribution < -0.4 is 5.32 Å². The fraction of sp³-hybridized carbons (Fsp3) is 0.467. The van der Waals surface area contributed by atoms with Gasteiger partial charge in [0.1, 0.15) is 5.82 Å². The van der Waals surface area contributed by atoms with Gasteiger partial charge in [-0.15, -0.1) is 0 Å². The third kappa shape index (κ3) is 3.81. The van der Waals surface area contributed by atoms with E-state index in [4.69, 9.17) is 0 Å². The molecule has 0 aliphatic carbocycles. The lowest BCUT2D eigenvalue weighted by Crippen LogP contribution is -2.26. The molecule has 1 aromatic carbocycles. The molecule has 2 rings (SSSR count). The molecule has 0 fully saturated rings. The number of aromatic nitrogens is 2. The minimum Gasteiger partial charge on any atom is -0.356 e. The number of nitrogens with zero attached hydrogens (tertiary/aromatic N) is 1. The number of benzene rings is 1. The maximum Gasteiger partial charge on any atom is 0.224 e. The first-order valence-electron chi connectivity index (χ1n) is 6.91. The van der Waals surface area contributed by atoms with E-state index in [1.807, 2.05) is 25.1 Å². The number of hydrogen-bond acceptors (Lipinski definition) is 2. The van der Waals surface area contributed by atoms with Gasteiger partial charge in [-0.25, -0.2) is 4.98 Å². The number of nitrogens with one attached hydrogen (secondary N) is 2. The van der Waals surface area contributed by atoms with Gasteiger partial charge in [0.25, 0.3) is 0 Å². The Morgan fingerprint density at radius 3 is 3.00 bits per heavy atom. The van der Waals surface area contributed by atoms with Crippen LogP contribution in [0.25, 0.3) is 11.0 Å². The maximum atomic E-state index is 11.8. The summed E-state index contributed by atoms with van der Waals surface area (Å²) in [7, 11) is 0. The predicted molar refractivity (Wildman–Crippen MR) is 77.1 cm³/mol. The molecule has 0 unspecified atom stereocenters. The molecular weight excluding hydrogens is 238 g/mol. The lowest BCUT2D eigenvalue weighted by Gasteiger charge is -2.04. The Morgan fingerprint density at radius 1 is 1.37 bits per heavy atom. The normalized spacial score (nSPS) is 10.8. The number of fused-ring (bicyclic) bond motifs is 1. The largest absolute Gasteiger partial charge is 0.356 e. The second kappa shape index (κ2) is 6.36. The molecule has 0 aliphatic rings. The van der Waals surface area contributed by atoms with E-state index in [2.05, 4.69) is 22.2 Å². The van der Waals surface area contributed by atoms with E-state index in [-0.39, 0.29) is 5.91 Å². The van der Waals surface area contributed by atoms with Gasteiger partial charge in [-0.1, -0.05) is 25.8 Å². The van der Waals surface area contributed by atoms with Crippen molar-refractivity contribution in [3.63, 3.8) is 0 Å². The number of unbranched alkanes of at least 4 members (excludes halogenated alkanes) is 2. The second-order valence-corrected chi connectivity index (χ2v) is 4.91. The number of rotatable bonds is 6. The Balaban J connectivity index is 1.91. The highest BCUT2D eigenvalue weighted by Gasteiger charge is 2.05. The van der Waals surface area contributed by atoms with Gasteiger partial charge < -0.3 is 10.3 Å². The molecule has 1 amide bonds. The van der Waals surface area contributed by atoms with Crippen LogP contribution in [0.5, 0.6) is 0 Å². The van der Waals surface area contributed by atoms with E-state index in [1.54, 1.807) is 0 Å². The van der Waals surface area contributed by atoms with E-state index < -0.39 is 0 Å². The quantitative estimate of drug-likeness (QED) is 0.784. The van der Waals surface area contributed by atoms with Gasteiger partial charge in [0.05, 0.1) is 17.5 Å². The Labute approximate surface area is 113 Å². The van der Waals surface area contributed by atoms with Gasteiger partial charge in [0, 0.05) is 6.54 Å². The van der Waals surface area contributed by atoms with Crippen molar-refractivity contribution in [2.75, 3.05) is 6.54 Å². The van der Waals surface area contributed by atoms with Gasteiger partial charge in [0.2, 0.25) is 5.91 Å². The Hall–Kier alpha value is -1.84. The number of aryl methyl sites for hydroxylation is 1. The van der Waals surface area contributed by atoms with Crippen molar-refractivity contribution in [1.82, 2.24) is 15.3 Å². The number of hydrogen-bond donors (Lipinski definition) is 2. The molecule has 0 aliphatic heterocycles. The molecular formula is C15H21N3O. The van der Waals surface area contributed by atoms with Crippen LogP contribution in [0.3, 0.4) is 0 Å². The van der Waals surface area contributed by atoms with Crippen molar-refractivity contribution in [1.29, 1.82) is 0 Å². The Bertz CT molecular complexity index is 560. The van der Waals surface area contributed by atoms with Crippen LogP contribution in [0, 0.1) is 6.92 Å². The minimum absolute atomic E-state index is 0.0895. The van der Waals surface area contributed by atoms with Gasteiger partial charge >= 0.3 is 0 Å². The average molecular weight is 259 g/mol. The first kappa shape index (κ1) is 13.6. The fourth-order valence-corrected chi connectivity index (χ4v) is 2.14. The zero-order valence-corrected chi connectivity index (χ0v) is 11.6. The van der Waals surface area contributed by atoms with Crippen LogP contribution >= 0.6 is 0 Å². The molecule has 102 valence electrons. The van der Waals surface area contributed by atoms with Gasteiger partial charge in [-0.05, 0) is 31.0 Å². The topological polar surface area (TPSA) is 57.8 Å². The van der Waals surface area contributed by atoms with Gasteiger partial charge in [-0.3, -0.25) is 4.79 Å². The average Bonchev–Trinajstić information content (AvgIpc) is 2.74.